The molecule has 0 fully saturated rings. The summed E-state index contributed by atoms with van der Waals surface area (Å²) in [6, 6.07) is 8.84. The van der Waals surface area contributed by atoms with Crippen molar-refractivity contribution in [1.29, 1.82) is 0 Å². The van der Waals surface area contributed by atoms with E-state index in [-0.39, 0.29) is 10.8 Å². The van der Waals surface area contributed by atoms with Gasteiger partial charge in [-0.05, 0) is 22.0 Å². The zero-order valence-electron chi connectivity index (χ0n) is 12.0. The molecule has 0 aliphatic heterocycles. The Labute approximate surface area is 106 Å². The molecule has 0 nitrogen and oxygen atoms in total. The maximum atomic E-state index is 2.41. The highest BCUT2D eigenvalue weighted by molar-refractivity contribution is 5.68. The van der Waals surface area contributed by atoms with Gasteiger partial charge in [-0.2, -0.15) is 0 Å². The summed E-state index contributed by atoms with van der Waals surface area (Å²) >= 11 is 0. The second kappa shape index (κ2) is 3.73. The molecule has 1 unspecified atom stereocenters. The molecule has 0 amide bonds. The van der Waals surface area contributed by atoms with Gasteiger partial charge in [-0.15, -0.1) is 0 Å². The number of rotatable bonds is 0. The lowest BCUT2D eigenvalue weighted by Crippen LogP contribution is -2.24. The summed E-state index contributed by atoms with van der Waals surface area (Å²) in [5.41, 5.74) is 5.02. The molecule has 1 aliphatic rings. The van der Waals surface area contributed by atoms with Gasteiger partial charge in [-0.3, -0.25) is 0 Å². The first-order chi connectivity index (χ1) is 7.71. The van der Waals surface area contributed by atoms with Crippen LogP contribution in [0.25, 0.3) is 6.08 Å². The van der Waals surface area contributed by atoms with Gasteiger partial charge in [0.25, 0.3) is 0 Å². The highest BCUT2D eigenvalue weighted by Crippen LogP contribution is 2.52. The smallest absolute Gasteiger partial charge is 0.0111 e. The van der Waals surface area contributed by atoms with Crippen LogP contribution in [0.15, 0.2) is 29.8 Å². The van der Waals surface area contributed by atoms with Crippen molar-refractivity contribution in [1.82, 2.24) is 0 Å². The van der Waals surface area contributed by atoms with E-state index < -0.39 is 0 Å². The third-order valence-corrected chi connectivity index (χ3v) is 3.66. The van der Waals surface area contributed by atoms with E-state index in [9.17, 15) is 0 Å². The number of benzene rings is 1. The van der Waals surface area contributed by atoms with E-state index in [1.807, 2.05) is 0 Å². The van der Waals surface area contributed by atoms with Crippen molar-refractivity contribution in [3.8, 4) is 0 Å². The van der Waals surface area contributed by atoms with Crippen molar-refractivity contribution in [2.75, 3.05) is 0 Å². The fraction of sp³-hybridized carbons (Fsp3) is 0.529. The van der Waals surface area contributed by atoms with E-state index in [2.05, 4.69) is 71.9 Å². The van der Waals surface area contributed by atoms with Crippen molar-refractivity contribution in [3.05, 3.63) is 41.0 Å². The summed E-state index contributed by atoms with van der Waals surface area (Å²) in [5, 5.41) is 0. The number of fused-ring (bicyclic) bond motifs is 1. The molecule has 1 aromatic carbocycles. The van der Waals surface area contributed by atoms with Crippen molar-refractivity contribution in [2.24, 2.45) is 10.8 Å². The van der Waals surface area contributed by atoms with E-state index >= 15 is 0 Å². The third-order valence-electron chi connectivity index (χ3n) is 3.66. The fourth-order valence-corrected chi connectivity index (χ4v) is 2.91. The molecule has 92 valence electrons. The van der Waals surface area contributed by atoms with Gasteiger partial charge in [-0.25, -0.2) is 0 Å². The minimum absolute atomic E-state index is 0.247. The van der Waals surface area contributed by atoms with Gasteiger partial charge >= 0.3 is 0 Å². The summed E-state index contributed by atoms with van der Waals surface area (Å²) in [6.07, 6.45) is 2.41. The second-order valence-electron chi connectivity index (χ2n) is 7.28. The van der Waals surface area contributed by atoms with Crippen LogP contribution < -0.4 is 0 Å². The first kappa shape index (κ1) is 12.4. The van der Waals surface area contributed by atoms with E-state index in [0.717, 1.165) is 0 Å². The Kier molecular flexibility index (Phi) is 2.72. The molecule has 0 saturated heterocycles. The molecule has 1 atom stereocenters. The molecule has 0 radical (unpaired) electrons. The monoisotopic (exact) mass is 228 g/mol. The van der Waals surface area contributed by atoms with Crippen molar-refractivity contribution in [2.45, 2.75) is 47.5 Å². The molecule has 17 heavy (non-hydrogen) atoms. The summed E-state index contributed by atoms with van der Waals surface area (Å²) in [5.74, 6) is 0.554. The van der Waals surface area contributed by atoms with Crippen LogP contribution in [0, 0.1) is 10.8 Å². The predicted octanol–water partition coefficient (Wildman–Crippen LogP) is 5.26. The Morgan fingerprint density at radius 2 is 1.47 bits per heavy atom. The Balaban J connectivity index is 2.57. The lowest BCUT2D eigenvalue weighted by molar-refractivity contribution is 0.316. The molecular formula is C17H24. The van der Waals surface area contributed by atoms with Gasteiger partial charge in [0.1, 0.15) is 0 Å². The Morgan fingerprint density at radius 1 is 0.882 bits per heavy atom. The zero-order valence-corrected chi connectivity index (χ0v) is 12.0. The van der Waals surface area contributed by atoms with Crippen LogP contribution >= 0.6 is 0 Å². The lowest BCUT2D eigenvalue weighted by Gasteiger charge is -2.36. The average molecular weight is 228 g/mol. The highest BCUT2D eigenvalue weighted by Gasteiger charge is 2.38. The Morgan fingerprint density at radius 3 is 2.00 bits per heavy atom. The molecule has 0 N–H and O–H groups in total. The molecule has 0 bridgehead atoms. The van der Waals surface area contributed by atoms with Crippen LogP contribution in [0.5, 0.6) is 0 Å². The largest absolute Gasteiger partial charge is 0.0619 e. The van der Waals surface area contributed by atoms with E-state index in [1.165, 1.54) is 11.1 Å². The van der Waals surface area contributed by atoms with Gasteiger partial charge in [-0.1, -0.05) is 77.5 Å². The number of allylic oxidation sites excluding steroid dienone is 1. The minimum Gasteiger partial charge on any atom is -0.0619 e. The van der Waals surface area contributed by atoms with Gasteiger partial charge < -0.3 is 0 Å². The quantitative estimate of drug-likeness (QED) is 0.568. The summed E-state index contributed by atoms with van der Waals surface area (Å²) in [6.45, 7) is 14.0. The lowest BCUT2D eigenvalue weighted by atomic mass is 9.68. The molecule has 0 saturated carbocycles. The number of hydrogen-bond acceptors (Lipinski definition) is 0. The molecule has 0 heteroatoms. The van der Waals surface area contributed by atoms with Crippen LogP contribution in [0.1, 0.15) is 58.6 Å². The zero-order chi connectivity index (χ0) is 12.8. The van der Waals surface area contributed by atoms with Crippen molar-refractivity contribution in [3.63, 3.8) is 0 Å². The average Bonchev–Trinajstić information content (AvgIpc) is 2.54. The molecule has 0 heterocycles. The normalized spacial score (nSPS) is 20.1. The second-order valence-corrected chi connectivity index (χ2v) is 7.28. The SMILES string of the molecule is CC(C)(C)C1=Cc2ccccc2C1C(C)(C)C. The van der Waals surface area contributed by atoms with Crippen LogP contribution in [-0.2, 0) is 0 Å². The maximum absolute atomic E-state index is 2.41. The standard InChI is InChI=1S/C17H24/c1-16(2,3)14-11-12-9-7-8-10-13(12)15(14)17(4,5)6/h7-11,15H,1-6H3. The topological polar surface area (TPSA) is 0 Å². The van der Waals surface area contributed by atoms with Crippen molar-refractivity contribution < 1.29 is 0 Å². The van der Waals surface area contributed by atoms with Crippen LogP contribution in [-0.4, -0.2) is 0 Å². The first-order valence-corrected chi connectivity index (χ1v) is 6.52. The molecule has 0 spiro atoms. The third kappa shape index (κ3) is 2.18. The molecule has 1 aliphatic carbocycles. The Bertz CT molecular complexity index is 450. The summed E-state index contributed by atoms with van der Waals surface area (Å²) in [4.78, 5) is 0. The highest BCUT2D eigenvalue weighted by atomic mass is 14.4. The van der Waals surface area contributed by atoms with Gasteiger partial charge in [0, 0.05) is 5.92 Å². The maximum Gasteiger partial charge on any atom is 0.0111 e. The van der Waals surface area contributed by atoms with E-state index in [0.29, 0.717) is 5.92 Å². The minimum atomic E-state index is 0.247. The van der Waals surface area contributed by atoms with E-state index in [4.69, 9.17) is 0 Å². The van der Waals surface area contributed by atoms with Crippen LogP contribution in [0.4, 0.5) is 0 Å². The van der Waals surface area contributed by atoms with Crippen molar-refractivity contribution >= 4 is 6.08 Å². The molecular weight excluding hydrogens is 204 g/mol. The molecule has 1 aromatic rings. The van der Waals surface area contributed by atoms with Crippen LogP contribution in [0.2, 0.25) is 0 Å². The summed E-state index contributed by atoms with van der Waals surface area (Å²) < 4.78 is 0. The van der Waals surface area contributed by atoms with Crippen LogP contribution in [0.3, 0.4) is 0 Å². The fourth-order valence-electron chi connectivity index (χ4n) is 2.91. The van der Waals surface area contributed by atoms with E-state index in [1.54, 1.807) is 5.57 Å². The predicted molar refractivity (Wildman–Crippen MR) is 76.1 cm³/mol. The number of hydrogen-bond donors (Lipinski definition) is 0. The Hall–Kier alpha value is -1.04. The van der Waals surface area contributed by atoms with Gasteiger partial charge in [0.15, 0.2) is 0 Å². The molecule has 2 rings (SSSR count). The summed E-state index contributed by atoms with van der Waals surface area (Å²) in [7, 11) is 0. The first-order valence-electron chi connectivity index (χ1n) is 6.52. The molecule has 0 aromatic heterocycles. The van der Waals surface area contributed by atoms with Gasteiger partial charge in [0.2, 0.25) is 0 Å². The van der Waals surface area contributed by atoms with Gasteiger partial charge in [0.05, 0.1) is 0 Å².